The van der Waals surface area contributed by atoms with Gasteiger partial charge >= 0.3 is 0 Å². The lowest BCUT2D eigenvalue weighted by atomic mass is 9.94. The van der Waals surface area contributed by atoms with Gasteiger partial charge in [0, 0.05) is 54.5 Å². The molecule has 0 spiro atoms. The van der Waals surface area contributed by atoms with Crippen LogP contribution < -0.4 is 10.5 Å². The van der Waals surface area contributed by atoms with Crippen LogP contribution in [0, 0.1) is 36.2 Å². The number of piperidine rings is 1. The standard InChI is InChI=1S/C28H25F3N6O2S/c1-13-24(40-26(35-13)25-33-5-4-6-34-25)27(38)37-11-16-17(12-37)23(16)39-21-10-15(28(2,3)32)9-20(36-21)14-7-18(29)22(31)19(30)8-14/h4-10,16-17,23H,11-12,32H2,1-3H3/t16-,17+,23+. The third-order valence-electron chi connectivity index (χ3n) is 7.23. The van der Waals surface area contributed by atoms with Gasteiger partial charge in [-0.15, -0.1) is 11.3 Å². The molecule has 0 radical (unpaired) electrons. The summed E-state index contributed by atoms with van der Waals surface area (Å²) in [5, 5.41) is 0.595. The molecule has 2 N–H and O–H groups in total. The topological polar surface area (TPSA) is 107 Å². The second kappa shape index (κ2) is 9.63. The quantitative estimate of drug-likeness (QED) is 0.336. The van der Waals surface area contributed by atoms with Gasteiger partial charge in [0.2, 0.25) is 5.88 Å². The van der Waals surface area contributed by atoms with Crippen molar-refractivity contribution in [1.29, 1.82) is 0 Å². The van der Waals surface area contributed by atoms with Crippen molar-refractivity contribution >= 4 is 17.2 Å². The summed E-state index contributed by atoms with van der Waals surface area (Å²) in [6.07, 6.45) is 3.10. The zero-order valence-corrected chi connectivity index (χ0v) is 22.7. The molecule has 3 aromatic heterocycles. The van der Waals surface area contributed by atoms with Gasteiger partial charge in [0.05, 0.1) is 11.4 Å². The molecule has 12 heteroatoms. The van der Waals surface area contributed by atoms with E-state index >= 15 is 0 Å². The van der Waals surface area contributed by atoms with Crippen LogP contribution in [0.2, 0.25) is 0 Å². The van der Waals surface area contributed by atoms with Gasteiger partial charge in [-0.25, -0.2) is 33.1 Å². The van der Waals surface area contributed by atoms with Gasteiger partial charge in [0.1, 0.15) is 11.0 Å². The number of pyridine rings is 1. The van der Waals surface area contributed by atoms with Crippen LogP contribution in [0.25, 0.3) is 22.1 Å². The Bertz CT molecular complexity index is 1590. The van der Waals surface area contributed by atoms with Gasteiger partial charge in [-0.1, -0.05) is 0 Å². The van der Waals surface area contributed by atoms with Crippen molar-refractivity contribution in [3.8, 4) is 28.0 Å². The zero-order chi connectivity index (χ0) is 28.3. The van der Waals surface area contributed by atoms with E-state index in [2.05, 4.69) is 19.9 Å². The number of thiazole rings is 1. The zero-order valence-electron chi connectivity index (χ0n) is 21.9. The maximum Gasteiger partial charge on any atom is 0.265 e. The van der Waals surface area contributed by atoms with E-state index < -0.39 is 23.0 Å². The van der Waals surface area contributed by atoms with E-state index in [1.165, 1.54) is 11.3 Å². The minimum absolute atomic E-state index is 0.0697. The van der Waals surface area contributed by atoms with E-state index in [1.807, 2.05) is 0 Å². The molecule has 0 unspecified atom stereocenters. The van der Waals surface area contributed by atoms with Crippen molar-refractivity contribution < 1.29 is 22.7 Å². The van der Waals surface area contributed by atoms with Crippen molar-refractivity contribution in [2.24, 2.45) is 17.6 Å². The number of aryl methyl sites for hydroxylation is 1. The van der Waals surface area contributed by atoms with Gasteiger partial charge in [0.15, 0.2) is 28.3 Å². The minimum Gasteiger partial charge on any atom is -0.474 e. The Morgan fingerprint density at radius 3 is 2.33 bits per heavy atom. The van der Waals surface area contributed by atoms with Gasteiger partial charge in [-0.2, -0.15) is 0 Å². The molecule has 2 aliphatic rings. The lowest BCUT2D eigenvalue weighted by Crippen LogP contribution is -2.33. The van der Waals surface area contributed by atoms with Crippen molar-refractivity contribution in [2.75, 3.05) is 13.1 Å². The fourth-order valence-corrected chi connectivity index (χ4v) is 5.97. The van der Waals surface area contributed by atoms with Gasteiger partial charge in [-0.05, 0) is 50.6 Å². The molecule has 1 aliphatic heterocycles. The van der Waals surface area contributed by atoms with Crippen LogP contribution in [0.1, 0.15) is 34.8 Å². The second-order valence-corrected chi connectivity index (χ2v) is 11.7. The van der Waals surface area contributed by atoms with Crippen LogP contribution in [-0.2, 0) is 5.54 Å². The summed E-state index contributed by atoms with van der Waals surface area (Å²) in [5.41, 5.74) is 7.06. The molecule has 1 aliphatic carbocycles. The maximum absolute atomic E-state index is 13.9. The Labute approximate surface area is 232 Å². The first-order chi connectivity index (χ1) is 19.0. The van der Waals surface area contributed by atoms with E-state index in [-0.39, 0.29) is 41.0 Å². The molecule has 6 rings (SSSR count). The van der Waals surface area contributed by atoms with Crippen LogP contribution in [0.4, 0.5) is 13.2 Å². The van der Waals surface area contributed by atoms with Crippen molar-refractivity contribution in [3.05, 3.63) is 76.3 Å². The fraction of sp³-hybridized carbons (Fsp3) is 0.321. The van der Waals surface area contributed by atoms with Crippen LogP contribution in [0.3, 0.4) is 0 Å². The fourth-order valence-electron chi connectivity index (χ4n) is 4.98. The van der Waals surface area contributed by atoms with Crippen molar-refractivity contribution in [3.63, 3.8) is 0 Å². The Morgan fingerprint density at radius 2 is 1.70 bits per heavy atom. The SMILES string of the molecule is Cc1nc(-c2ncccn2)sc1C(=O)N1C[C@@H]2[C@H](C1)[C@H]2Oc1cc(C(C)(C)N)cc(-c2cc(F)c(F)c(F)c2)n1. The number of rotatable bonds is 6. The summed E-state index contributed by atoms with van der Waals surface area (Å²) in [4.78, 5) is 33.0. The molecule has 206 valence electrons. The number of likely N-dealkylation sites (tertiary alicyclic amines) is 1. The number of carbonyl (C=O) groups excluding carboxylic acids is 1. The number of nitrogens with zero attached hydrogens (tertiary/aromatic N) is 5. The number of hydrogen-bond donors (Lipinski definition) is 1. The molecular weight excluding hydrogens is 541 g/mol. The van der Waals surface area contributed by atoms with E-state index in [9.17, 15) is 18.0 Å². The second-order valence-electron chi connectivity index (χ2n) is 10.7. The number of ether oxygens (including phenoxy) is 1. The van der Waals surface area contributed by atoms with Crippen molar-refractivity contribution in [1.82, 2.24) is 24.8 Å². The maximum atomic E-state index is 13.9. The average Bonchev–Trinajstić information content (AvgIpc) is 3.23. The number of benzene rings is 1. The molecule has 4 heterocycles. The number of nitrogens with two attached hydrogens (primary N) is 1. The molecule has 1 aromatic carbocycles. The summed E-state index contributed by atoms with van der Waals surface area (Å²) < 4.78 is 47.6. The van der Waals surface area contributed by atoms with E-state index in [0.717, 1.165) is 12.1 Å². The van der Waals surface area contributed by atoms with E-state index in [0.29, 0.717) is 40.1 Å². The van der Waals surface area contributed by atoms with Gasteiger partial charge in [0.25, 0.3) is 5.91 Å². The lowest BCUT2D eigenvalue weighted by molar-refractivity contribution is 0.0755. The molecule has 40 heavy (non-hydrogen) atoms. The van der Waals surface area contributed by atoms with E-state index in [1.54, 1.807) is 56.3 Å². The highest BCUT2D eigenvalue weighted by molar-refractivity contribution is 7.17. The number of carbonyl (C=O) groups is 1. The molecule has 1 amide bonds. The normalized spacial score (nSPS) is 20.0. The van der Waals surface area contributed by atoms with Crippen molar-refractivity contribution in [2.45, 2.75) is 32.4 Å². The van der Waals surface area contributed by atoms with Gasteiger partial charge < -0.3 is 15.4 Å². The average molecular weight is 567 g/mol. The smallest absolute Gasteiger partial charge is 0.265 e. The largest absolute Gasteiger partial charge is 0.474 e. The molecule has 8 nitrogen and oxygen atoms in total. The molecule has 3 atom stereocenters. The number of fused-ring (bicyclic) bond motifs is 1. The predicted molar refractivity (Wildman–Crippen MR) is 142 cm³/mol. The summed E-state index contributed by atoms with van der Waals surface area (Å²) >= 11 is 1.28. The number of halogens is 3. The number of aromatic nitrogens is 4. The Kier molecular flexibility index (Phi) is 6.34. The highest BCUT2D eigenvalue weighted by Gasteiger charge is 2.59. The number of hydrogen-bond acceptors (Lipinski definition) is 8. The van der Waals surface area contributed by atoms with Crippen LogP contribution in [-0.4, -0.2) is 49.9 Å². The lowest BCUT2D eigenvalue weighted by Gasteiger charge is -2.22. The highest BCUT2D eigenvalue weighted by Crippen LogP contribution is 2.48. The van der Waals surface area contributed by atoms with Crippen LogP contribution in [0.15, 0.2) is 42.7 Å². The monoisotopic (exact) mass is 566 g/mol. The highest BCUT2D eigenvalue weighted by atomic mass is 32.1. The molecule has 1 saturated heterocycles. The summed E-state index contributed by atoms with van der Waals surface area (Å²) in [7, 11) is 0. The number of amides is 1. The third kappa shape index (κ3) is 4.81. The van der Waals surface area contributed by atoms with Gasteiger partial charge in [-0.3, -0.25) is 4.79 Å². The molecule has 4 aromatic rings. The predicted octanol–water partition coefficient (Wildman–Crippen LogP) is 4.73. The molecule has 1 saturated carbocycles. The molecular formula is C28H25F3N6O2S. The molecule has 2 fully saturated rings. The van der Waals surface area contributed by atoms with E-state index in [4.69, 9.17) is 10.5 Å². The Balaban J connectivity index is 1.18. The third-order valence-corrected chi connectivity index (χ3v) is 8.37. The summed E-state index contributed by atoms with van der Waals surface area (Å²) in [6, 6.07) is 6.81. The first-order valence-corrected chi connectivity index (χ1v) is 13.5. The summed E-state index contributed by atoms with van der Waals surface area (Å²) in [5.74, 6) is -3.28. The summed E-state index contributed by atoms with van der Waals surface area (Å²) in [6.45, 7) is 6.41. The van der Waals surface area contributed by atoms with Crippen LogP contribution in [0.5, 0.6) is 5.88 Å². The molecule has 0 bridgehead atoms. The van der Waals surface area contributed by atoms with Crippen LogP contribution >= 0.6 is 11.3 Å². The first kappa shape index (κ1) is 26.3. The minimum atomic E-state index is -1.54. The first-order valence-electron chi connectivity index (χ1n) is 12.7. The Hall–Kier alpha value is -3.90. The Morgan fingerprint density at radius 1 is 1.05 bits per heavy atom.